The third-order valence-corrected chi connectivity index (χ3v) is 2.90. The van der Waals surface area contributed by atoms with Crippen LogP contribution in [0.2, 0.25) is 0 Å². The summed E-state index contributed by atoms with van der Waals surface area (Å²) in [4.78, 5) is 22.1. The number of carbonyl (C=O) groups excluding carboxylic acids is 1. The summed E-state index contributed by atoms with van der Waals surface area (Å²) in [6, 6.07) is -1.39. The molecule has 0 aromatic carbocycles. The lowest BCUT2D eigenvalue weighted by atomic mass is 10.1. The maximum atomic E-state index is 11.3. The standard InChI is InChI=1S/C10H20N2O4S/c1-3-4-5-8(9(13)14)12-10(15)11-6-7-17(2)16/h8H,3-7H2,1-2H3,(H,13,14)(H2,11,12,15)/t8-,17?/m0/s1. The van der Waals surface area contributed by atoms with Crippen LogP contribution in [0.3, 0.4) is 0 Å². The Kier molecular flexibility index (Phi) is 8.39. The van der Waals surface area contributed by atoms with Gasteiger partial charge in [-0.1, -0.05) is 19.8 Å². The lowest BCUT2D eigenvalue weighted by Gasteiger charge is -2.14. The molecule has 17 heavy (non-hydrogen) atoms. The highest BCUT2D eigenvalue weighted by atomic mass is 32.2. The van der Waals surface area contributed by atoms with Gasteiger partial charge in [-0.15, -0.1) is 0 Å². The Balaban J connectivity index is 3.95. The second kappa shape index (κ2) is 8.98. The van der Waals surface area contributed by atoms with Crippen LogP contribution in [0, 0.1) is 0 Å². The molecule has 0 saturated heterocycles. The van der Waals surface area contributed by atoms with E-state index in [2.05, 4.69) is 10.6 Å². The first kappa shape index (κ1) is 15.9. The largest absolute Gasteiger partial charge is 0.480 e. The monoisotopic (exact) mass is 264 g/mol. The Bertz CT molecular complexity index is 283. The molecule has 0 fully saturated rings. The zero-order chi connectivity index (χ0) is 13.3. The molecule has 1 unspecified atom stereocenters. The first-order chi connectivity index (χ1) is 7.97. The normalized spacial score (nSPS) is 13.8. The number of carbonyl (C=O) groups is 2. The Morgan fingerprint density at radius 2 is 2.06 bits per heavy atom. The number of amides is 2. The van der Waals surface area contributed by atoms with Gasteiger partial charge < -0.3 is 15.7 Å². The summed E-state index contributed by atoms with van der Waals surface area (Å²) in [5.41, 5.74) is 0. The third-order valence-electron chi connectivity index (χ3n) is 2.12. The fraction of sp³-hybridized carbons (Fsp3) is 0.800. The van der Waals surface area contributed by atoms with E-state index in [9.17, 15) is 13.8 Å². The summed E-state index contributed by atoms with van der Waals surface area (Å²) >= 11 is 0. The van der Waals surface area contributed by atoms with Crippen LogP contribution in [0.5, 0.6) is 0 Å². The van der Waals surface area contributed by atoms with Crippen molar-refractivity contribution in [1.82, 2.24) is 10.6 Å². The van der Waals surface area contributed by atoms with Gasteiger partial charge >= 0.3 is 12.0 Å². The predicted molar refractivity (Wildman–Crippen MR) is 66.4 cm³/mol. The average molecular weight is 264 g/mol. The molecule has 100 valence electrons. The number of hydrogen-bond acceptors (Lipinski definition) is 3. The van der Waals surface area contributed by atoms with Crippen LogP contribution in [0.25, 0.3) is 0 Å². The summed E-state index contributed by atoms with van der Waals surface area (Å²) in [6.45, 7) is 2.23. The number of aliphatic carboxylic acids is 1. The van der Waals surface area contributed by atoms with Gasteiger partial charge in [0.05, 0.1) is 0 Å². The highest BCUT2D eigenvalue weighted by Gasteiger charge is 2.18. The quantitative estimate of drug-likeness (QED) is 0.588. The van der Waals surface area contributed by atoms with Gasteiger partial charge in [0.2, 0.25) is 0 Å². The van der Waals surface area contributed by atoms with E-state index in [-0.39, 0.29) is 6.54 Å². The fourth-order valence-electron chi connectivity index (χ4n) is 1.18. The molecule has 6 nitrogen and oxygen atoms in total. The number of nitrogens with one attached hydrogen (secondary N) is 2. The minimum absolute atomic E-state index is 0.273. The molecular formula is C10H20N2O4S. The SMILES string of the molecule is CCCC[C@H](NC(=O)NCCS(C)=O)C(=O)O. The van der Waals surface area contributed by atoms with E-state index in [4.69, 9.17) is 5.11 Å². The van der Waals surface area contributed by atoms with Crippen molar-refractivity contribution in [3.8, 4) is 0 Å². The van der Waals surface area contributed by atoms with Gasteiger partial charge in [-0.05, 0) is 6.42 Å². The summed E-state index contributed by atoms with van der Waals surface area (Å²) in [6.07, 6.45) is 3.58. The molecule has 7 heteroatoms. The maximum absolute atomic E-state index is 11.3. The van der Waals surface area contributed by atoms with Gasteiger partial charge in [0.25, 0.3) is 0 Å². The molecule has 2 atom stereocenters. The van der Waals surface area contributed by atoms with Gasteiger partial charge in [0.15, 0.2) is 0 Å². The first-order valence-electron chi connectivity index (χ1n) is 5.54. The minimum Gasteiger partial charge on any atom is -0.480 e. The molecule has 0 aromatic rings. The van der Waals surface area contributed by atoms with Crippen LogP contribution >= 0.6 is 0 Å². The average Bonchev–Trinajstić information content (AvgIpc) is 2.23. The Morgan fingerprint density at radius 1 is 1.41 bits per heavy atom. The van der Waals surface area contributed by atoms with Crippen LogP contribution in [0.1, 0.15) is 26.2 Å². The van der Waals surface area contributed by atoms with Crippen molar-refractivity contribution in [3.05, 3.63) is 0 Å². The van der Waals surface area contributed by atoms with Crippen molar-refractivity contribution in [2.24, 2.45) is 0 Å². The smallest absolute Gasteiger partial charge is 0.326 e. The zero-order valence-electron chi connectivity index (χ0n) is 10.2. The number of hydrogen-bond donors (Lipinski definition) is 3. The van der Waals surface area contributed by atoms with Crippen LogP contribution in [0.4, 0.5) is 4.79 Å². The molecular weight excluding hydrogens is 244 g/mol. The molecule has 3 N–H and O–H groups in total. The highest BCUT2D eigenvalue weighted by molar-refractivity contribution is 7.84. The molecule has 0 aliphatic rings. The van der Waals surface area contributed by atoms with Crippen LogP contribution < -0.4 is 10.6 Å². The van der Waals surface area contributed by atoms with E-state index >= 15 is 0 Å². The maximum Gasteiger partial charge on any atom is 0.326 e. The number of rotatable bonds is 8. The van der Waals surface area contributed by atoms with Crippen molar-refractivity contribution in [2.75, 3.05) is 18.6 Å². The summed E-state index contributed by atoms with van der Waals surface area (Å²) in [5.74, 6) is -0.673. The van der Waals surface area contributed by atoms with E-state index in [0.717, 1.165) is 12.8 Å². The van der Waals surface area contributed by atoms with E-state index < -0.39 is 28.8 Å². The molecule has 0 aliphatic carbocycles. The first-order valence-corrected chi connectivity index (χ1v) is 7.27. The predicted octanol–water partition coefficient (Wildman–Crippen LogP) is 0.308. The molecule has 0 bridgehead atoms. The van der Waals surface area contributed by atoms with Gasteiger partial charge in [0.1, 0.15) is 6.04 Å². The van der Waals surface area contributed by atoms with Crippen molar-refractivity contribution >= 4 is 22.8 Å². The summed E-state index contributed by atoms with van der Waals surface area (Å²) in [7, 11) is -0.967. The van der Waals surface area contributed by atoms with Crippen LogP contribution in [0.15, 0.2) is 0 Å². The lowest BCUT2D eigenvalue weighted by Crippen LogP contribution is -2.46. The Hall–Kier alpha value is -1.11. The molecule has 0 spiro atoms. The minimum atomic E-state index is -1.03. The van der Waals surface area contributed by atoms with Gasteiger partial charge in [-0.2, -0.15) is 0 Å². The lowest BCUT2D eigenvalue weighted by molar-refractivity contribution is -0.139. The topological polar surface area (TPSA) is 95.5 Å². The van der Waals surface area contributed by atoms with Gasteiger partial charge in [-0.25, -0.2) is 9.59 Å². The highest BCUT2D eigenvalue weighted by Crippen LogP contribution is 2.00. The van der Waals surface area contributed by atoms with E-state index in [1.165, 1.54) is 0 Å². The number of carboxylic acid groups (broad SMARTS) is 1. The molecule has 0 rings (SSSR count). The van der Waals surface area contributed by atoms with Gasteiger partial charge in [0, 0.05) is 29.4 Å². The van der Waals surface area contributed by atoms with Crippen LogP contribution in [-0.2, 0) is 15.6 Å². The molecule has 0 saturated carbocycles. The third kappa shape index (κ3) is 8.67. The van der Waals surface area contributed by atoms with Crippen LogP contribution in [-0.4, -0.2) is 45.9 Å². The summed E-state index contributed by atoms with van der Waals surface area (Å²) in [5, 5.41) is 13.7. The zero-order valence-corrected chi connectivity index (χ0v) is 11.0. The Morgan fingerprint density at radius 3 is 2.53 bits per heavy atom. The number of urea groups is 1. The Labute approximate surface area is 104 Å². The van der Waals surface area contributed by atoms with Crippen molar-refractivity contribution in [1.29, 1.82) is 0 Å². The van der Waals surface area contributed by atoms with E-state index in [0.29, 0.717) is 12.2 Å². The molecule has 0 radical (unpaired) electrons. The van der Waals surface area contributed by atoms with Crippen molar-refractivity contribution in [3.63, 3.8) is 0 Å². The molecule has 0 heterocycles. The number of carboxylic acids is 1. The molecule has 0 aromatic heterocycles. The van der Waals surface area contributed by atoms with E-state index in [1.807, 2.05) is 6.92 Å². The second-order valence-corrected chi connectivity index (χ2v) is 5.27. The summed E-state index contributed by atoms with van der Waals surface area (Å²) < 4.78 is 10.7. The number of unbranched alkanes of at least 4 members (excludes halogenated alkanes) is 1. The van der Waals surface area contributed by atoms with Crippen molar-refractivity contribution in [2.45, 2.75) is 32.2 Å². The second-order valence-electron chi connectivity index (χ2n) is 3.71. The van der Waals surface area contributed by atoms with Crippen molar-refractivity contribution < 1.29 is 18.9 Å². The molecule has 0 aliphatic heterocycles. The fourth-order valence-corrected chi connectivity index (χ4v) is 1.57. The van der Waals surface area contributed by atoms with E-state index in [1.54, 1.807) is 6.26 Å². The molecule has 2 amide bonds. The van der Waals surface area contributed by atoms with Gasteiger partial charge in [-0.3, -0.25) is 4.21 Å².